The third-order valence-corrected chi connectivity index (χ3v) is 9.77. The standard InChI is InChI=1S/C47H34N4/c1-3-4-6-13-32(2)33-20-22-34(23-21-33)42-28-29-48-47(49-42)51-44-19-12-10-17-39(44)41-31-36(25-27-46(41)51)35-24-26-45-40(30-35)38-16-9-11-18-43(38)50(45)37-14-7-5-8-15-37/h3-31H,1H2,2H3/b6-4-,32-13+. The number of allylic oxidation sites excluding steroid dienone is 5. The maximum absolute atomic E-state index is 5.10. The summed E-state index contributed by atoms with van der Waals surface area (Å²) in [4.78, 5) is 9.90. The van der Waals surface area contributed by atoms with Crippen LogP contribution in [0.1, 0.15) is 12.5 Å². The van der Waals surface area contributed by atoms with Crippen LogP contribution >= 0.6 is 0 Å². The molecular formula is C47H34N4. The van der Waals surface area contributed by atoms with Gasteiger partial charge in [-0.05, 0) is 83.8 Å². The van der Waals surface area contributed by atoms with Crippen LogP contribution in [0.25, 0.3) is 83.2 Å². The van der Waals surface area contributed by atoms with E-state index < -0.39 is 0 Å². The van der Waals surface area contributed by atoms with Gasteiger partial charge in [0.25, 0.3) is 0 Å². The second kappa shape index (κ2) is 12.6. The van der Waals surface area contributed by atoms with Gasteiger partial charge in [-0.2, -0.15) is 0 Å². The second-order valence-electron chi connectivity index (χ2n) is 12.8. The summed E-state index contributed by atoms with van der Waals surface area (Å²) in [5, 5.41) is 4.82. The van der Waals surface area contributed by atoms with Crippen LogP contribution in [0.5, 0.6) is 0 Å². The number of fused-ring (bicyclic) bond motifs is 6. The molecule has 0 saturated carbocycles. The van der Waals surface area contributed by atoms with Crippen molar-refractivity contribution in [2.45, 2.75) is 6.92 Å². The molecule has 0 amide bonds. The first-order chi connectivity index (χ1) is 25.2. The van der Waals surface area contributed by atoms with Gasteiger partial charge < -0.3 is 4.57 Å². The highest BCUT2D eigenvalue weighted by atomic mass is 15.2. The minimum Gasteiger partial charge on any atom is -0.309 e. The van der Waals surface area contributed by atoms with Crippen molar-refractivity contribution >= 4 is 49.2 Å². The molecule has 0 unspecified atom stereocenters. The normalized spacial score (nSPS) is 12.1. The third-order valence-electron chi connectivity index (χ3n) is 9.77. The molecule has 0 saturated heterocycles. The second-order valence-corrected chi connectivity index (χ2v) is 12.8. The van der Waals surface area contributed by atoms with Crippen molar-refractivity contribution in [1.29, 1.82) is 0 Å². The van der Waals surface area contributed by atoms with E-state index >= 15 is 0 Å². The van der Waals surface area contributed by atoms with Crippen LogP contribution in [0.2, 0.25) is 0 Å². The lowest BCUT2D eigenvalue weighted by atomic mass is 10.0. The molecule has 0 aliphatic rings. The maximum Gasteiger partial charge on any atom is 0.235 e. The fourth-order valence-electron chi connectivity index (χ4n) is 7.27. The SMILES string of the molecule is C=C/C=C\C=C(/C)c1ccc(-c2ccnc(-n3c4ccccc4c4cc(-c5ccc6c(c5)c5ccccc5n6-c5ccccc5)ccc43)n2)cc1. The van der Waals surface area contributed by atoms with Gasteiger partial charge >= 0.3 is 0 Å². The Labute approximate surface area is 296 Å². The van der Waals surface area contributed by atoms with Gasteiger partial charge in [-0.15, -0.1) is 0 Å². The Kier molecular flexibility index (Phi) is 7.48. The summed E-state index contributed by atoms with van der Waals surface area (Å²) in [6, 6.07) is 51.9. The topological polar surface area (TPSA) is 35.6 Å². The van der Waals surface area contributed by atoms with E-state index in [0.29, 0.717) is 5.95 Å². The molecule has 0 spiro atoms. The molecule has 51 heavy (non-hydrogen) atoms. The van der Waals surface area contributed by atoms with Gasteiger partial charge in [0.1, 0.15) is 0 Å². The lowest BCUT2D eigenvalue weighted by molar-refractivity contribution is 0.992. The lowest BCUT2D eigenvalue weighted by Gasteiger charge is -2.09. The minimum absolute atomic E-state index is 0.649. The Morgan fingerprint density at radius 3 is 1.78 bits per heavy atom. The van der Waals surface area contributed by atoms with Crippen LogP contribution in [0.15, 0.2) is 183 Å². The van der Waals surface area contributed by atoms with Crippen molar-refractivity contribution in [2.24, 2.45) is 0 Å². The molecule has 0 N–H and O–H groups in total. The predicted octanol–water partition coefficient (Wildman–Crippen LogP) is 12.2. The summed E-state index contributed by atoms with van der Waals surface area (Å²) in [7, 11) is 0. The molecule has 0 radical (unpaired) electrons. The highest BCUT2D eigenvalue weighted by molar-refractivity contribution is 6.12. The lowest BCUT2D eigenvalue weighted by Crippen LogP contribution is -2.01. The first-order valence-electron chi connectivity index (χ1n) is 17.2. The van der Waals surface area contributed by atoms with Crippen LogP contribution in [-0.2, 0) is 0 Å². The van der Waals surface area contributed by atoms with E-state index in [1.165, 1.54) is 54.8 Å². The number of nitrogens with zero attached hydrogens (tertiary/aromatic N) is 4. The summed E-state index contributed by atoms with van der Waals surface area (Å²) < 4.78 is 4.54. The maximum atomic E-state index is 5.10. The summed E-state index contributed by atoms with van der Waals surface area (Å²) in [5.74, 6) is 0.649. The first-order valence-corrected chi connectivity index (χ1v) is 17.2. The van der Waals surface area contributed by atoms with Crippen LogP contribution in [-0.4, -0.2) is 19.1 Å². The van der Waals surface area contributed by atoms with Crippen molar-refractivity contribution in [1.82, 2.24) is 19.1 Å². The highest BCUT2D eigenvalue weighted by Gasteiger charge is 2.17. The zero-order valence-corrected chi connectivity index (χ0v) is 28.2. The monoisotopic (exact) mass is 654 g/mol. The molecular weight excluding hydrogens is 621 g/mol. The molecule has 0 aliphatic carbocycles. The molecule has 9 aromatic rings. The van der Waals surface area contributed by atoms with Gasteiger partial charge in [0.15, 0.2) is 0 Å². The Hall–Kier alpha value is -6.78. The quantitative estimate of drug-likeness (QED) is 0.160. The van der Waals surface area contributed by atoms with Crippen molar-refractivity contribution in [3.8, 4) is 34.0 Å². The number of benzene rings is 6. The average Bonchev–Trinajstić information content (AvgIpc) is 3.70. The molecule has 0 bridgehead atoms. The molecule has 3 heterocycles. The smallest absolute Gasteiger partial charge is 0.235 e. The Morgan fingerprint density at radius 2 is 1.12 bits per heavy atom. The number of para-hydroxylation sites is 3. The van der Waals surface area contributed by atoms with Gasteiger partial charge in [-0.3, -0.25) is 4.57 Å². The van der Waals surface area contributed by atoms with Crippen LogP contribution in [0.4, 0.5) is 0 Å². The predicted molar refractivity (Wildman–Crippen MR) is 215 cm³/mol. The van der Waals surface area contributed by atoms with E-state index in [2.05, 4.69) is 168 Å². The van der Waals surface area contributed by atoms with E-state index in [1.54, 1.807) is 6.08 Å². The number of hydrogen-bond acceptors (Lipinski definition) is 2. The van der Waals surface area contributed by atoms with Gasteiger partial charge in [0, 0.05) is 39.0 Å². The molecule has 0 atom stereocenters. The fourth-order valence-corrected chi connectivity index (χ4v) is 7.27. The average molecular weight is 655 g/mol. The Bertz CT molecular complexity index is 2810. The Morgan fingerprint density at radius 1 is 0.549 bits per heavy atom. The molecule has 3 aromatic heterocycles. The van der Waals surface area contributed by atoms with E-state index in [-0.39, 0.29) is 0 Å². The summed E-state index contributed by atoms with van der Waals surface area (Å²) in [6.07, 6.45) is 9.67. The van der Waals surface area contributed by atoms with Crippen molar-refractivity contribution in [2.75, 3.05) is 0 Å². The Balaban J connectivity index is 1.14. The van der Waals surface area contributed by atoms with Crippen molar-refractivity contribution < 1.29 is 0 Å². The van der Waals surface area contributed by atoms with Gasteiger partial charge in [0.05, 0.1) is 27.8 Å². The molecule has 0 aliphatic heterocycles. The van der Waals surface area contributed by atoms with Crippen LogP contribution in [0, 0.1) is 0 Å². The van der Waals surface area contributed by atoms with Crippen molar-refractivity contribution in [3.05, 3.63) is 188 Å². The summed E-state index contributed by atoms with van der Waals surface area (Å²) in [5.41, 5.74) is 12.3. The number of aromatic nitrogens is 4. The number of hydrogen-bond donors (Lipinski definition) is 0. The van der Waals surface area contributed by atoms with E-state index in [0.717, 1.165) is 28.0 Å². The molecule has 242 valence electrons. The number of rotatable bonds is 7. The highest BCUT2D eigenvalue weighted by Crippen LogP contribution is 2.38. The van der Waals surface area contributed by atoms with E-state index in [9.17, 15) is 0 Å². The molecule has 9 rings (SSSR count). The van der Waals surface area contributed by atoms with E-state index in [1.807, 2.05) is 24.4 Å². The zero-order valence-electron chi connectivity index (χ0n) is 28.2. The molecule has 4 heteroatoms. The van der Waals surface area contributed by atoms with Gasteiger partial charge in [-0.25, -0.2) is 9.97 Å². The molecule has 0 fully saturated rings. The summed E-state index contributed by atoms with van der Waals surface area (Å²) in [6.45, 7) is 5.86. The van der Waals surface area contributed by atoms with Gasteiger partial charge in [0.2, 0.25) is 5.95 Å². The van der Waals surface area contributed by atoms with Crippen LogP contribution < -0.4 is 0 Å². The zero-order chi connectivity index (χ0) is 34.3. The minimum atomic E-state index is 0.649. The fraction of sp³-hybridized carbons (Fsp3) is 0.0213. The molecule has 6 aromatic carbocycles. The van der Waals surface area contributed by atoms with Gasteiger partial charge in [-0.1, -0.05) is 122 Å². The largest absolute Gasteiger partial charge is 0.309 e. The van der Waals surface area contributed by atoms with E-state index in [4.69, 9.17) is 9.97 Å². The first kappa shape index (κ1) is 30.3. The van der Waals surface area contributed by atoms with Crippen LogP contribution in [0.3, 0.4) is 0 Å². The molecule has 4 nitrogen and oxygen atoms in total. The third kappa shape index (κ3) is 5.25. The summed E-state index contributed by atoms with van der Waals surface area (Å²) >= 11 is 0. The van der Waals surface area contributed by atoms with Crippen molar-refractivity contribution in [3.63, 3.8) is 0 Å².